The fourth-order valence-electron chi connectivity index (χ4n) is 2.24. The maximum absolute atomic E-state index is 12.9. The van der Waals surface area contributed by atoms with E-state index in [0.29, 0.717) is 12.0 Å². The number of nitrogens with zero attached hydrogens (tertiary/aromatic N) is 1. The fraction of sp³-hybridized carbons (Fsp3) is 0.545. The summed E-state index contributed by atoms with van der Waals surface area (Å²) in [7, 11) is 0. The van der Waals surface area contributed by atoms with E-state index in [1.807, 2.05) is 6.92 Å². The highest BCUT2D eigenvalue weighted by Gasteiger charge is 2.40. The standard InChI is InChI=1S/C11H14FNO/c1-8-3-2-4-11(8,14)9-5-10(12)7-13-6-9/h5-8,14H,2-4H2,1H3. The van der Waals surface area contributed by atoms with Crippen molar-refractivity contribution in [1.29, 1.82) is 0 Å². The van der Waals surface area contributed by atoms with E-state index in [1.165, 1.54) is 6.07 Å². The Morgan fingerprint density at radius 3 is 2.93 bits per heavy atom. The summed E-state index contributed by atoms with van der Waals surface area (Å²) in [4.78, 5) is 3.77. The lowest BCUT2D eigenvalue weighted by atomic mass is 9.86. The van der Waals surface area contributed by atoms with Crippen molar-refractivity contribution < 1.29 is 9.50 Å². The molecule has 2 nitrogen and oxygen atoms in total. The topological polar surface area (TPSA) is 33.1 Å². The van der Waals surface area contributed by atoms with Crippen LogP contribution in [0, 0.1) is 11.7 Å². The van der Waals surface area contributed by atoms with Crippen molar-refractivity contribution in [1.82, 2.24) is 4.98 Å². The third-order valence-corrected chi connectivity index (χ3v) is 3.22. The molecule has 1 aromatic heterocycles. The maximum atomic E-state index is 12.9. The number of pyridine rings is 1. The van der Waals surface area contributed by atoms with E-state index < -0.39 is 5.60 Å². The summed E-state index contributed by atoms with van der Waals surface area (Å²) in [5, 5.41) is 10.3. The van der Waals surface area contributed by atoms with Crippen LogP contribution in [0.15, 0.2) is 18.5 Å². The Morgan fingerprint density at radius 2 is 2.36 bits per heavy atom. The van der Waals surface area contributed by atoms with Crippen molar-refractivity contribution >= 4 is 0 Å². The Kier molecular flexibility index (Phi) is 2.27. The van der Waals surface area contributed by atoms with Gasteiger partial charge >= 0.3 is 0 Å². The quantitative estimate of drug-likeness (QED) is 0.745. The van der Waals surface area contributed by atoms with E-state index in [1.54, 1.807) is 6.20 Å². The first-order valence-corrected chi connectivity index (χ1v) is 4.96. The Morgan fingerprint density at radius 1 is 1.57 bits per heavy atom. The smallest absolute Gasteiger partial charge is 0.141 e. The van der Waals surface area contributed by atoms with Gasteiger partial charge in [0.15, 0.2) is 0 Å². The maximum Gasteiger partial charge on any atom is 0.141 e. The molecule has 2 rings (SSSR count). The van der Waals surface area contributed by atoms with Crippen molar-refractivity contribution in [3.05, 3.63) is 29.8 Å². The normalized spacial score (nSPS) is 32.1. The van der Waals surface area contributed by atoms with Gasteiger partial charge < -0.3 is 5.11 Å². The first kappa shape index (κ1) is 9.59. The van der Waals surface area contributed by atoms with Gasteiger partial charge in [0.1, 0.15) is 5.82 Å². The highest BCUT2D eigenvalue weighted by Crippen LogP contribution is 2.42. The minimum atomic E-state index is -0.866. The molecule has 1 fully saturated rings. The van der Waals surface area contributed by atoms with Gasteiger partial charge in [-0.2, -0.15) is 0 Å². The monoisotopic (exact) mass is 195 g/mol. The van der Waals surface area contributed by atoms with E-state index in [-0.39, 0.29) is 11.7 Å². The molecule has 76 valence electrons. The van der Waals surface area contributed by atoms with Crippen molar-refractivity contribution in [2.45, 2.75) is 31.8 Å². The molecule has 1 heterocycles. The summed E-state index contributed by atoms with van der Waals surface area (Å²) >= 11 is 0. The number of rotatable bonds is 1. The predicted octanol–water partition coefficient (Wildman–Crippen LogP) is 2.23. The molecule has 1 N–H and O–H groups in total. The van der Waals surface area contributed by atoms with Gasteiger partial charge in [0.25, 0.3) is 0 Å². The van der Waals surface area contributed by atoms with E-state index in [9.17, 15) is 9.50 Å². The van der Waals surface area contributed by atoms with E-state index in [2.05, 4.69) is 4.98 Å². The zero-order valence-corrected chi connectivity index (χ0v) is 8.20. The lowest BCUT2D eigenvalue weighted by Crippen LogP contribution is -2.28. The van der Waals surface area contributed by atoms with Crippen molar-refractivity contribution in [2.24, 2.45) is 5.92 Å². The lowest BCUT2D eigenvalue weighted by Gasteiger charge is -2.27. The summed E-state index contributed by atoms with van der Waals surface area (Å²) in [6.07, 6.45) is 5.41. The second-order valence-electron chi connectivity index (χ2n) is 4.11. The Labute approximate surface area is 82.8 Å². The average molecular weight is 195 g/mol. The SMILES string of the molecule is CC1CCCC1(O)c1cncc(F)c1. The van der Waals surface area contributed by atoms with Crippen molar-refractivity contribution in [3.8, 4) is 0 Å². The summed E-state index contributed by atoms with van der Waals surface area (Å²) in [6.45, 7) is 2.00. The molecule has 0 radical (unpaired) electrons. The van der Waals surface area contributed by atoms with Gasteiger partial charge in [-0.3, -0.25) is 4.98 Å². The summed E-state index contributed by atoms with van der Waals surface area (Å²) in [5.41, 5.74) is -0.253. The Balaban J connectivity index is 2.38. The van der Waals surface area contributed by atoms with Crippen LogP contribution in [0.2, 0.25) is 0 Å². The number of aromatic nitrogens is 1. The molecular weight excluding hydrogens is 181 g/mol. The van der Waals surface area contributed by atoms with Gasteiger partial charge in [0, 0.05) is 11.8 Å². The molecule has 14 heavy (non-hydrogen) atoms. The molecule has 3 heteroatoms. The molecule has 2 unspecified atom stereocenters. The second kappa shape index (κ2) is 3.31. The van der Waals surface area contributed by atoms with Crippen LogP contribution in [0.1, 0.15) is 31.7 Å². The van der Waals surface area contributed by atoms with Gasteiger partial charge in [-0.1, -0.05) is 6.92 Å². The predicted molar refractivity (Wildman–Crippen MR) is 51.1 cm³/mol. The van der Waals surface area contributed by atoms with Gasteiger partial charge in [0.05, 0.1) is 11.8 Å². The minimum absolute atomic E-state index is 0.186. The summed E-state index contributed by atoms with van der Waals surface area (Å²) in [6, 6.07) is 1.38. The first-order chi connectivity index (χ1) is 6.63. The largest absolute Gasteiger partial charge is 0.385 e. The van der Waals surface area contributed by atoms with Gasteiger partial charge in [-0.05, 0) is 31.2 Å². The van der Waals surface area contributed by atoms with Crippen LogP contribution in [0.4, 0.5) is 4.39 Å². The molecule has 2 atom stereocenters. The Bertz CT molecular complexity index is 342. The molecule has 1 aliphatic rings. The summed E-state index contributed by atoms with van der Waals surface area (Å²) < 4.78 is 12.9. The third kappa shape index (κ3) is 1.42. The lowest BCUT2D eigenvalue weighted by molar-refractivity contribution is 0.00388. The second-order valence-corrected chi connectivity index (χ2v) is 4.11. The highest BCUT2D eigenvalue weighted by molar-refractivity contribution is 5.21. The minimum Gasteiger partial charge on any atom is -0.385 e. The molecule has 1 saturated carbocycles. The molecule has 0 saturated heterocycles. The third-order valence-electron chi connectivity index (χ3n) is 3.22. The van der Waals surface area contributed by atoms with Crippen LogP contribution in [0.25, 0.3) is 0 Å². The van der Waals surface area contributed by atoms with Crippen LogP contribution in [-0.2, 0) is 5.60 Å². The van der Waals surface area contributed by atoms with Gasteiger partial charge in [0.2, 0.25) is 0 Å². The van der Waals surface area contributed by atoms with Crippen LogP contribution in [0.5, 0.6) is 0 Å². The first-order valence-electron chi connectivity index (χ1n) is 4.96. The van der Waals surface area contributed by atoms with Crippen LogP contribution in [0.3, 0.4) is 0 Å². The van der Waals surface area contributed by atoms with Crippen LogP contribution < -0.4 is 0 Å². The molecule has 0 aromatic carbocycles. The van der Waals surface area contributed by atoms with Crippen LogP contribution >= 0.6 is 0 Å². The number of hydrogen-bond donors (Lipinski definition) is 1. The molecule has 0 bridgehead atoms. The molecule has 1 aliphatic carbocycles. The van der Waals surface area contributed by atoms with E-state index in [0.717, 1.165) is 19.0 Å². The van der Waals surface area contributed by atoms with Gasteiger partial charge in [-0.15, -0.1) is 0 Å². The Hall–Kier alpha value is -0.960. The highest BCUT2D eigenvalue weighted by atomic mass is 19.1. The molecule has 0 amide bonds. The zero-order chi connectivity index (χ0) is 10.2. The molecule has 1 aromatic rings. The number of hydrogen-bond acceptors (Lipinski definition) is 2. The average Bonchev–Trinajstić information content (AvgIpc) is 2.49. The fourth-order valence-corrected chi connectivity index (χ4v) is 2.24. The zero-order valence-electron chi connectivity index (χ0n) is 8.20. The van der Waals surface area contributed by atoms with Crippen LogP contribution in [-0.4, -0.2) is 10.1 Å². The molecular formula is C11H14FNO. The molecule has 0 spiro atoms. The number of halogens is 1. The summed E-state index contributed by atoms with van der Waals surface area (Å²) in [5.74, 6) is -0.193. The van der Waals surface area contributed by atoms with Crippen molar-refractivity contribution in [2.75, 3.05) is 0 Å². The number of aliphatic hydroxyl groups is 1. The van der Waals surface area contributed by atoms with Gasteiger partial charge in [-0.25, -0.2) is 4.39 Å². The van der Waals surface area contributed by atoms with E-state index in [4.69, 9.17) is 0 Å². The molecule has 0 aliphatic heterocycles. The van der Waals surface area contributed by atoms with Crippen molar-refractivity contribution in [3.63, 3.8) is 0 Å². The van der Waals surface area contributed by atoms with E-state index >= 15 is 0 Å².